The van der Waals surface area contributed by atoms with Gasteiger partial charge in [0.05, 0.1) is 0 Å². The molecule has 2 rings (SSSR count). The summed E-state index contributed by atoms with van der Waals surface area (Å²) in [6, 6.07) is 0. The molecule has 1 heterocycles. The molecule has 0 unspecified atom stereocenters. The molecule has 1 aliphatic carbocycles. The highest BCUT2D eigenvalue weighted by Gasteiger charge is 2.31. The van der Waals surface area contributed by atoms with Crippen molar-refractivity contribution in [3.63, 3.8) is 0 Å². The normalized spacial score (nSPS) is 25.8. The fraction of sp³-hybridized carbons (Fsp3) is 1.00. The van der Waals surface area contributed by atoms with Crippen LogP contribution in [-0.2, 0) is 0 Å². The van der Waals surface area contributed by atoms with E-state index in [2.05, 4.69) is 42.9 Å². The fourth-order valence-corrected chi connectivity index (χ4v) is 3.87. The molecule has 2 aliphatic rings. The number of hydrogen-bond acceptors (Lipinski definition) is 3. The third-order valence-electron chi connectivity index (χ3n) is 5.57. The van der Waals surface area contributed by atoms with Crippen LogP contribution >= 0.6 is 0 Å². The SMILES string of the molecule is CNC1(CCN2CCN(C(C)(C)C)CC2)CCCCC1. The summed E-state index contributed by atoms with van der Waals surface area (Å²) in [6.07, 6.45) is 8.36. The zero-order chi connectivity index (χ0) is 14.6. The first-order chi connectivity index (χ1) is 9.45. The van der Waals surface area contributed by atoms with Crippen molar-refractivity contribution < 1.29 is 0 Å². The first-order valence-electron chi connectivity index (χ1n) is 8.62. The predicted molar refractivity (Wildman–Crippen MR) is 87.3 cm³/mol. The summed E-state index contributed by atoms with van der Waals surface area (Å²) < 4.78 is 0. The molecule has 3 heteroatoms. The van der Waals surface area contributed by atoms with Crippen LogP contribution in [0.5, 0.6) is 0 Å². The minimum absolute atomic E-state index is 0.335. The van der Waals surface area contributed by atoms with Gasteiger partial charge >= 0.3 is 0 Å². The second-order valence-electron chi connectivity index (χ2n) is 7.84. The molecular weight excluding hydrogens is 246 g/mol. The monoisotopic (exact) mass is 281 g/mol. The Balaban J connectivity index is 1.75. The first kappa shape index (κ1) is 16.3. The minimum Gasteiger partial charge on any atom is -0.314 e. The number of piperazine rings is 1. The van der Waals surface area contributed by atoms with Gasteiger partial charge in [-0.05, 0) is 53.6 Å². The highest BCUT2D eigenvalue weighted by Crippen LogP contribution is 2.31. The average molecular weight is 281 g/mol. The standard InChI is InChI=1S/C17H35N3/c1-16(2,3)20-14-12-19(13-15-20)11-10-17(18-4)8-6-5-7-9-17/h18H,5-15H2,1-4H3. The Labute approximate surface area is 126 Å². The molecule has 20 heavy (non-hydrogen) atoms. The molecule has 0 amide bonds. The molecule has 3 nitrogen and oxygen atoms in total. The van der Waals surface area contributed by atoms with E-state index < -0.39 is 0 Å². The molecule has 0 radical (unpaired) electrons. The maximum atomic E-state index is 3.65. The molecule has 1 saturated carbocycles. The average Bonchev–Trinajstić information content (AvgIpc) is 2.46. The lowest BCUT2D eigenvalue weighted by Crippen LogP contribution is -2.54. The molecule has 0 atom stereocenters. The zero-order valence-electron chi connectivity index (χ0n) is 14.2. The Morgan fingerprint density at radius 3 is 2.05 bits per heavy atom. The topological polar surface area (TPSA) is 18.5 Å². The maximum Gasteiger partial charge on any atom is 0.0190 e. The molecule has 118 valence electrons. The van der Waals surface area contributed by atoms with E-state index in [1.807, 2.05) is 0 Å². The molecule has 2 fully saturated rings. The predicted octanol–water partition coefficient (Wildman–Crippen LogP) is 2.71. The Bertz CT molecular complexity index is 281. The van der Waals surface area contributed by atoms with Gasteiger partial charge < -0.3 is 10.2 Å². The van der Waals surface area contributed by atoms with Gasteiger partial charge in [-0.15, -0.1) is 0 Å². The molecule has 0 aromatic carbocycles. The molecule has 1 aliphatic heterocycles. The van der Waals surface area contributed by atoms with Crippen LogP contribution in [0.4, 0.5) is 0 Å². The van der Waals surface area contributed by atoms with Crippen molar-refractivity contribution in [2.24, 2.45) is 0 Å². The largest absolute Gasteiger partial charge is 0.314 e. The van der Waals surface area contributed by atoms with Gasteiger partial charge in [-0.25, -0.2) is 0 Å². The van der Waals surface area contributed by atoms with E-state index in [9.17, 15) is 0 Å². The molecular formula is C17H35N3. The Hall–Kier alpha value is -0.120. The quantitative estimate of drug-likeness (QED) is 0.855. The summed E-state index contributed by atoms with van der Waals surface area (Å²) >= 11 is 0. The molecule has 0 spiro atoms. The maximum absolute atomic E-state index is 3.65. The summed E-state index contributed by atoms with van der Waals surface area (Å²) in [5.74, 6) is 0. The Morgan fingerprint density at radius 1 is 0.950 bits per heavy atom. The van der Waals surface area contributed by atoms with Crippen LogP contribution in [-0.4, -0.2) is 60.6 Å². The van der Waals surface area contributed by atoms with Crippen molar-refractivity contribution in [3.05, 3.63) is 0 Å². The van der Waals surface area contributed by atoms with E-state index in [0.29, 0.717) is 11.1 Å². The highest BCUT2D eigenvalue weighted by atomic mass is 15.3. The van der Waals surface area contributed by atoms with E-state index in [4.69, 9.17) is 0 Å². The number of nitrogens with one attached hydrogen (secondary N) is 1. The van der Waals surface area contributed by atoms with Gasteiger partial charge in [0.25, 0.3) is 0 Å². The van der Waals surface area contributed by atoms with Gasteiger partial charge in [-0.1, -0.05) is 19.3 Å². The first-order valence-corrected chi connectivity index (χ1v) is 8.62. The van der Waals surface area contributed by atoms with Crippen LogP contribution in [0.15, 0.2) is 0 Å². The van der Waals surface area contributed by atoms with Crippen LogP contribution in [0.1, 0.15) is 59.3 Å². The van der Waals surface area contributed by atoms with Crippen LogP contribution < -0.4 is 5.32 Å². The molecule has 0 aromatic rings. The van der Waals surface area contributed by atoms with Crippen LogP contribution in [0, 0.1) is 0 Å². The lowest BCUT2D eigenvalue weighted by molar-refractivity contribution is 0.0558. The zero-order valence-corrected chi connectivity index (χ0v) is 14.2. The van der Waals surface area contributed by atoms with Gasteiger partial charge in [0.15, 0.2) is 0 Å². The fourth-order valence-electron chi connectivity index (χ4n) is 3.87. The minimum atomic E-state index is 0.335. The van der Waals surface area contributed by atoms with Crippen molar-refractivity contribution in [2.45, 2.75) is 70.4 Å². The van der Waals surface area contributed by atoms with E-state index in [1.54, 1.807) is 0 Å². The van der Waals surface area contributed by atoms with Crippen LogP contribution in [0.2, 0.25) is 0 Å². The number of hydrogen-bond donors (Lipinski definition) is 1. The van der Waals surface area contributed by atoms with Gasteiger partial charge in [-0.2, -0.15) is 0 Å². The van der Waals surface area contributed by atoms with Crippen molar-refractivity contribution in [2.75, 3.05) is 39.8 Å². The molecule has 1 saturated heterocycles. The summed E-state index contributed by atoms with van der Waals surface area (Å²) in [6.45, 7) is 13.2. The van der Waals surface area contributed by atoms with Gasteiger partial charge in [0, 0.05) is 37.3 Å². The van der Waals surface area contributed by atoms with Crippen molar-refractivity contribution in [3.8, 4) is 0 Å². The molecule has 0 aromatic heterocycles. The summed E-state index contributed by atoms with van der Waals surface area (Å²) in [4.78, 5) is 5.30. The third-order valence-corrected chi connectivity index (χ3v) is 5.57. The summed E-state index contributed by atoms with van der Waals surface area (Å²) in [5, 5.41) is 3.65. The number of nitrogens with zero attached hydrogens (tertiary/aromatic N) is 2. The second-order valence-corrected chi connectivity index (χ2v) is 7.84. The molecule has 0 bridgehead atoms. The van der Waals surface area contributed by atoms with E-state index in [0.717, 1.165) is 0 Å². The summed E-state index contributed by atoms with van der Waals surface area (Å²) in [5.41, 5.74) is 0.779. The number of rotatable bonds is 4. The lowest BCUT2D eigenvalue weighted by atomic mass is 9.79. The van der Waals surface area contributed by atoms with Crippen LogP contribution in [0.3, 0.4) is 0 Å². The highest BCUT2D eigenvalue weighted by molar-refractivity contribution is 4.91. The van der Waals surface area contributed by atoms with Crippen LogP contribution in [0.25, 0.3) is 0 Å². The molecule has 1 N–H and O–H groups in total. The Morgan fingerprint density at radius 2 is 1.55 bits per heavy atom. The third kappa shape index (κ3) is 4.19. The summed E-state index contributed by atoms with van der Waals surface area (Å²) in [7, 11) is 2.17. The van der Waals surface area contributed by atoms with Crippen molar-refractivity contribution in [1.29, 1.82) is 0 Å². The second kappa shape index (κ2) is 6.76. The lowest BCUT2D eigenvalue weighted by Gasteiger charge is -2.44. The smallest absolute Gasteiger partial charge is 0.0190 e. The van der Waals surface area contributed by atoms with E-state index in [-0.39, 0.29) is 0 Å². The van der Waals surface area contributed by atoms with Crippen molar-refractivity contribution in [1.82, 2.24) is 15.1 Å². The van der Waals surface area contributed by atoms with Gasteiger partial charge in [0.2, 0.25) is 0 Å². The van der Waals surface area contributed by atoms with Crippen molar-refractivity contribution >= 4 is 0 Å². The van der Waals surface area contributed by atoms with Gasteiger partial charge in [0.1, 0.15) is 0 Å². The Kier molecular flexibility index (Phi) is 5.49. The van der Waals surface area contributed by atoms with Gasteiger partial charge in [-0.3, -0.25) is 4.90 Å². The van der Waals surface area contributed by atoms with E-state index >= 15 is 0 Å². The van der Waals surface area contributed by atoms with E-state index in [1.165, 1.54) is 71.2 Å².